The predicted octanol–water partition coefficient (Wildman–Crippen LogP) is 1.85. The van der Waals surface area contributed by atoms with E-state index in [0.717, 1.165) is 35.1 Å². The van der Waals surface area contributed by atoms with Crippen LogP contribution < -0.4 is 5.14 Å². The van der Waals surface area contributed by atoms with Gasteiger partial charge in [0.05, 0.1) is 0 Å². The Balaban J connectivity index is 2.28. The SMILES string of the molecule is Cc1cc(C)c(-c2nnc(S(N)(=O)=O)n2C2CC2)c(C)c1. The molecule has 112 valence electrons. The van der Waals surface area contributed by atoms with E-state index in [4.69, 9.17) is 5.14 Å². The lowest BCUT2D eigenvalue weighted by Crippen LogP contribution is -2.18. The standard InChI is InChI=1S/C14H18N4O2S/c1-8-6-9(2)12(10(3)7-8)13-16-17-14(21(15,19)20)18(13)11-4-5-11/h6-7,11H,4-5H2,1-3H3,(H2,15,19,20). The quantitative estimate of drug-likeness (QED) is 0.937. The fourth-order valence-electron chi connectivity index (χ4n) is 2.84. The van der Waals surface area contributed by atoms with Gasteiger partial charge in [-0.1, -0.05) is 17.7 Å². The van der Waals surface area contributed by atoms with Crippen molar-refractivity contribution in [3.63, 3.8) is 0 Å². The van der Waals surface area contributed by atoms with Crippen molar-refractivity contribution in [2.75, 3.05) is 0 Å². The van der Waals surface area contributed by atoms with Crippen LogP contribution in [0.2, 0.25) is 0 Å². The summed E-state index contributed by atoms with van der Waals surface area (Å²) in [7, 11) is -3.87. The number of aryl methyl sites for hydroxylation is 3. The first kappa shape index (κ1) is 14.2. The Morgan fingerprint density at radius 1 is 1.14 bits per heavy atom. The maximum atomic E-state index is 11.7. The minimum Gasteiger partial charge on any atom is -0.294 e. The molecule has 0 saturated heterocycles. The van der Waals surface area contributed by atoms with E-state index in [1.54, 1.807) is 4.57 Å². The minimum atomic E-state index is -3.87. The molecule has 1 aromatic carbocycles. The van der Waals surface area contributed by atoms with Gasteiger partial charge in [0, 0.05) is 11.6 Å². The van der Waals surface area contributed by atoms with Gasteiger partial charge in [0.25, 0.3) is 15.2 Å². The Morgan fingerprint density at radius 3 is 2.19 bits per heavy atom. The van der Waals surface area contributed by atoms with E-state index < -0.39 is 10.0 Å². The Hall–Kier alpha value is -1.73. The minimum absolute atomic E-state index is 0.128. The highest BCUT2D eigenvalue weighted by Crippen LogP contribution is 2.41. The van der Waals surface area contributed by atoms with Gasteiger partial charge in [0.15, 0.2) is 5.82 Å². The summed E-state index contributed by atoms with van der Waals surface area (Å²) in [6, 6.07) is 4.25. The molecule has 0 amide bonds. The summed E-state index contributed by atoms with van der Waals surface area (Å²) in [5, 5.41) is 13.1. The molecule has 1 fully saturated rings. The lowest BCUT2D eigenvalue weighted by molar-refractivity contribution is 0.567. The number of primary sulfonamides is 1. The first-order valence-corrected chi connectivity index (χ1v) is 8.39. The molecule has 0 radical (unpaired) electrons. The lowest BCUT2D eigenvalue weighted by atomic mass is 9.99. The molecule has 2 N–H and O–H groups in total. The second-order valence-corrected chi connectivity index (χ2v) is 7.18. The highest BCUT2D eigenvalue weighted by Gasteiger charge is 2.34. The van der Waals surface area contributed by atoms with Crippen LogP contribution >= 0.6 is 0 Å². The van der Waals surface area contributed by atoms with Gasteiger partial charge in [-0.2, -0.15) is 0 Å². The van der Waals surface area contributed by atoms with Crippen LogP contribution in [0.1, 0.15) is 35.6 Å². The molecule has 1 aliphatic carbocycles. The molecule has 0 unspecified atom stereocenters. The zero-order valence-corrected chi connectivity index (χ0v) is 13.1. The molecule has 0 spiro atoms. The fourth-order valence-corrected chi connectivity index (χ4v) is 3.50. The topological polar surface area (TPSA) is 90.9 Å². The summed E-state index contributed by atoms with van der Waals surface area (Å²) in [5.41, 5.74) is 4.22. The fraction of sp³-hybridized carbons (Fsp3) is 0.429. The molecule has 0 atom stereocenters. The average Bonchev–Trinajstić information content (AvgIpc) is 3.07. The van der Waals surface area contributed by atoms with Crippen LogP contribution in [-0.4, -0.2) is 23.2 Å². The Kier molecular flexibility index (Phi) is 3.14. The van der Waals surface area contributed by atoms with E-state index in [2.05, 4.69) is 22.3 Å². The summed E-state index contributed by atoms with van der Waals surface area (Å²) in [4.78, 5) is 0. The van der Waals surface area contributed by atoms with Crippen LogP contribution in [0.5, 0.6) is 0 Å². The maximum absolute atomic E-state index is 11.7. The average molecular weight is 306 g/mol. The molecule has 0 aliphatic heterocycles. The van der Waals surface area contributed by atoms with Crippen LogP contribution in [0.3, 0.4) is 0 Å². The first-order chi connectivity index (χ1) is 9.79. The van der Waals surface area contributed by atoms with E-state index in [1.807, 2.05) is 20.8 Å². The third-order valence-corrected chi connectivity index (χ3v) is 4.52. The van der Waals surface area contributed by atoms with Crippen molar-refractivity contribution in [3.05, 3.63) is 28.8 Å². The van der Waals surface area contributed by atoms with Crippen LogP contribution in [0.15, 0.2) is 17.3 Å². The van der Waals surface area contributed by atoms with E-state index in [0.29, 0.717) is 5.82 Å². The van der Waals surface area contributed by atoms with Crippen molar-refractivity contribution in [2.45, 2.75) is 44.8 Å². The Bertz CT molecular complexity index is 796. The first-order valence-electron chi connectivity index (χ1n) is 6.85. The van der Waals surface area contributed by atoms with E-state index in [1.165, 1.54) is 0 Å². The number of hydrogen-bond donors (Lipinski definition) is 1. The van der Waals surface area contributed by atoms with Gasteiger partial charge in [-0.05, 0) is 44.7 Å². The van der Waals surface area contributed by atoms with Gasteiger partial charge in [-0.3, -0.25) is 4.57 Å². The number of nitrogens with zero attached hydrogens (tertiary/aromatic N) is 3. The lowest BCUT2D eigenvalue weighted by Gasteiger charge is -2.13. The van der Waals surface area contributed by atoms with Gasteiger partial charge in [-0.15, -0.1) is 10.2 Å². The summed E-state index contributed by atoms with van der Waals surface area (Å²) in [6.07, 6.45) is 1.86. The van der Waals surface area contributed by atoms with Gasteiger partial charge in [0.2, 0.25) is 0 Å². The number of rotatable bonds is 3. The second-order valence-electron chi connectivity index (χ2n) is 5.73. The van der Waals surface area contributed by atoms with Gasteiger partial charge >= 0.3 is 0 Å². The molecule has 1 heterocycles. The molecule has 2 aromatic rings. The molecule has 0 bridgehead atoms. The summed E-state index contributed by atoms with van der Waals surface area (Å²) < 4.78 is 25.1. The molecule has 3 rings (SSSR count). The summed E-state index contributed by atoms with van der Waals surface area (Å²) >= 11 is 0. The monoisotopic (exact) mass is 306 g/mol. The third kappa shape index (κ3) is 2.47. The van der Waals surface area contributed by atoms with E-state index in [9.17, 15) is 8.42 Å². The normalized spacial score (nSPS) is 15.4. The van der Waals surface area contributed by atoms with E-state index in [-0.39, 0.29) is 11.2 Å². The zero-order chi connectivity index (χ0) is 15.4. The van der Waals surface area contributed by atoms with Gasteiger partial charge in [-0.25, -0.2) is 13.6 Å². The number of benzene rings is 1. The van der Waals surface area contributed by atoms with Crippen molar-refractivity contribution in [1.82, 2.24) is 14.8 Å². The predicted molar refractivity (Wildman–Crippen MR) is 79.3 cm³/mol. The highest BCUT2D eigenvalue weighted by atomic mass is 32.2. The molecule has 6 nitrogen and oxygen atoms in total. The van der Waals surface area contributed by atoms with Crippen molar-refractivity contribution in [2.24, 2.45) is 5.14 Å². The zero-order valence-electron chi connectivity index (χ0n) is 12.3. The maximum Gasteiger partial charge on any atom is 0.273 e. The van der Waals surface area contributed by atoms with Gasteiger partial charge < -0.3 is 0 Å². The molecule has 1 saturated carbocycles. The molecule has 1 aliphatic rings. The molecular formula is C14H18N4O2S. The van der Waals surface area contributed by atoms with Crippen LogP contribution in [-0.2, 0) is 10.0 Å². The molecule has 7 heteroatoms. The molecular weight excluding hydrogens is 288 g/mol. The van der Waals surface area contributed by atoms with Gasteiger partial charge in [0.1, 0.15) is 0 Å². The summed E-state index contributed by atoms with van der Waals surface area (Å²) in [5.74, 6) is 0.594. The van der Waals surface area contributed by atoms with Crippen molar-refractivity contribution in [1.29, 1.82) is 0 Å². The number of aromatic nitrogens is 3. The van der Waals surface area contributed by atoms with E-state index >= 15 is 0 Å². The third-order valence-electron chi connectivity index (χ3n) is 3.73. The number of sulfonamides is 1. The Morgan fingerprint density at radius 2 is 1.71 bits per heavy atom. The van der Waals surface area contributed by atoms with Crippen molar-refractivity contribution in [3.8, 4) is 11.4 Å². The van der Waals surface area contributed by atoms with Crippen molar-refractivity contribution < 1.29 is 8.42 Å². The largest absolute Gasteiger partial charge is 0.294 e. The second kappa shape index (κ2) is 4.64. The van der Waals surface area contributed by atoms with Crippen molar-refractivity contribution >= 4 is 10.0 Å². The molecule has 21 heavy (non-hydrogen) atoms. The number of hydrogen-bond acceptors (Lipinski definition) is 4. The van der Waals surface area contributed by atoms with Crippen LogP contribution in [0.25, 0.3) is 11.4 Å². The smallest absolute Gasteiger partial charge is 0.273 e. The summed E-state index contributed by atoms with van der Waals surface area (Å²) in [6.45, 7) is 6.03. The molecule has 1 aromatic heterocycles. The number of nitrogens with two attached hydrogens (primary N) is 1. The Labute approximate surface area is 124 Å². The highest BCUT2D eigenvalue weighted by molar-refractivity contribution is 7.89. The van der Waals surface area contributed by atoms with Crippen LogP contribution in [0.4, 0.5) is 0 Å². The van der Waals surface area contributed by atoms with Crippen LogP contribution in [0, 0.1) is 20.8 Å².